The van der Waals surface area contributed by atoms with Crippen LogP contribution in [-0.4, -0.2) is 47.9 Å². The molecule has 0 aliphatic carbocycles. The van der Waals surface area contributed by atoms with E-state index in [4.69, 9.17) is 9.47 Å². The van der Waals surface area contributed by atoms with Gasteiger partial charge in [-0.15, -0.1) is 5.11 Å². The molecule has 1 aliphatic heterocycles. The Hall–Kier alpha value is -2.91. The molecule has 3 heterocycles. The summed E-state index contributed by atoms with van der Waals surface area (Å²) in [6.07, 6.45) is 2.44. The number of pyridine rings is 1. The topological polar surface area (TPSA) is 85.1 Å². The van der Waals surface area contributed by atoms with Gasteiger partial charge in [-0.3, -0.25) is 4.98 Å². The van der Waals surface area contributed by atoms with Gasteiger partial charge in [0.05, 0.1) is 26.4 Å². The van der Waals surface area contributed by atoms with Gasteiger partial charge in [-0.1, -0.05) is 34.1 Å². The molecule has 0 atom stereocenters. The molecule has 9 heteroatoms. The van der Waals surface area contributed by atoms with E-state index in [1.165, 1.54) is 0 Å². The Morgan fingerprint density at radius 3 is 2.77 bits per heavy atom. The molecule has 1 fully saturated rings. The van der Waals surface area contributed by atoms with E-state index in [0.717, 1.165) is 34.6 Å². The summed E-state index contributed by atoms with van der Waals surface area (Å²) < 4.78 is 12.3. The van der Waals surface area contributed by atoms with Gasteiger partial charge in [0.2, 0.25) is 0 Å². The van der Waals surface area contributed by atoms with Gasteiger partial charge >= 0.3 is 6.01 Å². The zero-order chi connectivity index (χ0) is 21.3. The highest BCUT2D eigenvalue weighted by atomic mass is 79.9. The average Bonchev–Trinajstić information content (AvgIpc) is 2.80. The zero-order valence-corrected chi connectivity index (χ0v) is 18.6. The SMILES string of the molecule is Brc1cccc(CN=Nc2cc(N3CCOCC3)nc(OCCc3ccccn3)n2)c1. The van der Waals surface area contributed by atoms with Crippen LogP contribution >= 0.6 is 15.9 Å². The van der Waals surface area contributed by atoms with Gasteiger partial charge in [0, 0.05) is 41.9 Å². The minimum absolute atomic E-state index is 0.288. The highest BCUT2D eigenvalue weighted by molar-refractivity contribution is 9.10. The quantitative estimate of drug-likeness (QED) is 0.443. The Kier molecular flexibility index (Phi) is 7.51. The van der Waals surface area contributed by atoms with Gasteiger partial charge in [0.1, 0.15) is 5.82 Å². The molecule has 0 amide bonds. The van der Waals surface area contributed by atoms with Crippen LogP contribution < -0.4 is 9.64 Å². The summed E-state index contributed by atoms with van der Waals surface area (Å²) in [6.45, 7) is 3.75. The van der Waals surface area contributed by atoms with Crippen molar-refractivity contribution in [2.45, 2.75) is 13.0 Å². The Morgan fingerprint density at radius 1 is 1.06 bits per heavy atom. The summed E-state index contributed by atoms with van der Waals surface area (Å²) >= 11 is 3.47. The highest BCUT2D eigenvalue weighted by Crippen LogP contribution is 2.23. The maximum atomic E-state index is 5.83. The lowest BCUT2D eigenvalue weighted by Gasteiger charge is -2.27. The van der Waals surface area contributed by atoms with E-state index < -0.39 is 0 Å². The molecule has 0 unspecified atom stereocenters. The van der Waals surface area contributed by atoms with Crippen molar-refractivity contribution in [1.82, 2.24) is 15.0 Å². The van der Waals surface area contributed by atoms with Gasteiger partial charge in [-0.05, 0) is 29.8 Å². The molecule has 0 N–H and O–H groups in total. The molecule has 0 radical (unpaired) electrons. The molecule has 3 aromatic rings. The van der Waals surface area contributed by atoms with Crippen molar-refractivity contribution >= 4 is 27.6 Å². The second-order valence-electron chi connectivity index (χ2n) is 6.92. The molecule has 1 aliphatic rings. The van der Waals surface area contributed by atoms with Crippen LogP contribution in [0.15, 0.2) is 69.4 Å². The van der Waals surface area contributed by atoms with Gasteiger partial charge in [0.25, 0.3) is 0 Å². The normalized spacial score (nSPS) is 14.2. The first-order valence-corrected chi connectivity index (χ1v) is 10.9. The molecule has 2 aromatic heterocycles. The van der Waals surface area contributed by atoms with E-state index in [9.17, 15) is 0 Å². The molecule has 160 valence electrons. The third kappa shape index (κ3) is 6.53. The standard InChI is InChI=1S/C22H23BrN6O2/c23-18-5-3-4-17(14-18)16-25-28-20-15-21(29-9-12-30-13-10-29)27-22(26-20)31-11-7-19-6-1-2-8-24-19/h1-6,8,14-15H,7,9-13,16H2. The van der Waals surface area contributed by atoms with Crippen molar-refractivity contribution in [3.8, 4) is 6.01 Å². The lowest BCUT2D eigenvalue weighted by atomic mass is 10.2. The number of ether oxygens (including phenoxy) is 2. The summed E-state index contributed by atoms with van der Waals surface area (Å²) in [4.78, 5) is 15.5. The van der Waals surface area contributed by atoms with Gasteiger partial charge in [-0.25, -0.2) is 0 Å². The summed E-state index contributed by atoms with van der Waals surface area (Å²) in [6, 6.07) is 15.9. The minimum atomic E-state index is 0.288. The Bertz CT molecular complexity index is 1010. The first-order valence-electron chi connectivity index (χ1n) is 10.1. The second-order valence-corrected chi connectivity index (χ2v) is 7.83. The summed E-state index contributed by atoms with van der Waals surface area (Å²) in [7, 11) is 0. The predicted molar refractivity (Wildman–Crippen MR) is 121 cm³/mol. The summed E-state index contributed by atoms with van der Waals surface area (Å²) in [5.74, 6) is 1.24. The van der Waals surface area contributed by atoms with Crippen molar-refractivity contribution in [1.29, 1.82) is 0 Å². The number of nitrogens with zero attached hydrogens (tertiary/aromatic N) is 6. The number of benzene rings is 1. The van der Waals surface area contributed by atoms with Crippen molar-refractivity contribution in [3.63, 3.8) is 0 Å². The Labute approximate surface area is 189 Å². The lowest BCUT2D eigenvalue weighted by Crippen LogP contribution is -2.36. The van der Waals surface area contributed by atoms with Crippen LogP contribution in [0.4, 0.5) is 11.6 Å². The fourth-order valence-electron chi connectivity index (χ4n) is 3.09. The van der Waals surface area contributed by atoms with E-state index in [-0.39, 0.29) is 6.01 Å². The molecule has 0 spiro atoms. The first kappa shape index (κ1) is 21.3. The number of morpholine rings is 1. The fraction of sp³-hybridized carbons (Fsp3) is 0.318. The molecule has 4 rings (SSSR count). The number of anilines is 1. The summed E-state index contributed by atoms with van der Waals surface area (Å²) in [5, 5.41) is 8.64. The maximum absolute atomic E-state index is 5.83. The number of hydrogen-bond acceptors (Lipinski definition) is 8. The Morgan fingerprint density at radius 2 is 1.97 bits per heavy atom. The van der Waals surface area contributed by atoms with Crippen LogP contribution in [0.2, 0.25) is 0 Å². The molecule has 0 bridgehead atoms. The van der Waals surface area contributed by atoms with Gasteiger partial charge in [0.15, 0.2) is 5.82 Å². The average molecular weight is 483 g/mol. The zero-order valence-electron chi connectivity index (χ0n) is 17.0. The minimum Gasteiger partial charge on any atom is -0.463 e. The largest absolute Gasteiger partial charge is 0.463 e. The molecular formula is C22H23BrN6O2. The third-order valence-electron chi connectivity index (χ3n) is 4.64. The van der Waals surface area contributed by atoms with Gasteiger partial charge < -0.3 is 14.4 Å². The number of hydrogen-bond donors (Lipinski definition) is 0. The fourth-order valence-corrected chi connectivity index (χ4v) is 3.54. The maximum Gasteiger partial charge on any atom is 0.320 e. The van der Waals surface area contributed by atoms with Crippen LogP contribution in [0.25, 0.3) is 0 Å². The molecule has 8 nitrogen and oxygen atoms in total. The predicted octanol–water partition coefficient (Wildman–Crippen LogP) is 4.38. The number of rotatable bonds is 8. The Balaban J connectivity index is 1.47. The number of aromatic nitrogens is 3. The first-order chi connectivity index (χ1) is 15.3. The number of azo groups is 1. The van der Waals surface area contributed by atoms with Crippen molar-refractivity contribution in [2.24, 2.45) is 10.2 Å². The third-order valence-corrected chi connectivity index (χ3v) is 5.14. The van der Waals surface area contributed by atoms with Crippen molar-refractivity contribution in [2.75, 3.05) is 37.8 Å². The van der Waals surface area contributed by atoms with Gasteiger partial charge in [-0.2, -0.15) is 15.1 Å². The van der Waals surface area contributed by atoms with E-state index in [1.54, 1.807) is 6.20 Å². The second kappa shape index (κ2) is 10.9. The molecule has 0 saturated carbocycles. The molecule has 31 heavy (non-hydrogen) atoms. The summed E-state index contributed by atoms with van der Waals surface area (Å²) in [5.41, 5.74) is 2.02. The van der Waals surface area contributed by atoms with Crippen molar-refractivity contribution < 1.29 is 9.47 Å². The van der Waals surface area contributed by atoms with Crippen molar-refractivity contribution in [3.05, 3.63) is 70.5 Å². The van der Waals surface area contributed by atoms with Crippen LogP contribution in [0.1, 0.15) is 11.3 Å². The number of halogens is 1. The van der Waals surface area contributed by atoms with E-state index >= 15 is 0 Å². The highest BCUT2D eigenvalue weighted by Gasteiger charge is 2.15. The van der Waals surface area contributed by atoms with Crippen LogP contribution in [0.3, 0.4) is 0 Å². The monoisotopic (exact) mass is 482 g/mol. The van der Waals surface area contributed by atoms with E-state index in [2.05, 4.69) is 46.0 Å². The van der Waals surface area contributed by atoms with E-state index in [0.29, 0.717) is 38.6 Å². The van der Waals surface area contributed by atoms with Crippen LogP contribution in [0.5, 0.6) is 6.01 Å². The van der Waals surface area contributed by atoms with Crippen LogP contribution in [0, 0.1) is 0 Å². The lowest BCUT2D eigenvalue weighted by molar-refractivity contribution is 0.122. The van der Waals surface area contributed by atoms with Crippen LogP contribution in [-0.2, 0) is 17.7 Å². The smallest absolute Gasteiger partial charge is 0.320 e. The molecule has 1 aromatic carbocycles. The van der Waals surface area contributed by atoms with E-state index in [1.807, 2.05) is 48.5 Å². The molecular weight excluding hydrogens is 460 g/mol. The molecule has 1 saturated heterocycles.